The summed E-state index contributed by atoms with van der Waals surface area (Å²) in [6, 6.07) is 7.33. The zero-order chi connectivity index (χ0) is 17.5. The van der Waals surface area contributed by atoms with Crippen molar-refractivity contribution in [3.63, 3.8) is 0 Å². The summed E-state index contributed by atoms with van der Waals surface area (Å²) in [7, 11) is 1.41. The van der Waals surface area contributed by atoms with Gasteiger partial charge in [-0.3, -0.25) is 4.79 Å². The van der Waals surface area contributed by atoms with Crippen LogP contribution >= 0.6 is 11.6 Å². The summed E-state index contributed by atoms with van der Waals surface area (Å²) in [6.45, 7) is 6.11. The lowest BCUT2D eigenvalue weighted by Gasteiger charge is -2.22. The zero-order valence-electron chi connectivity index (χ0n) is 14.2. The monoisotopic (exact) mass is 351 g/mol. The number of ether oxygens (including phenoxy) is 1. The molecule has 0 spiro atoms. The van der Waals surface area contributed by atoms with Gasteiger partial charge in [-0.05, 0) is 18.7 Å². The number of likely N-dealkylation sites (N-methyl/N-ethyl adjacent to an activating group) is 1. The molecule has 1 heterocycles. The predicted octanol–water partition coefficient (Wildman–Crippen LogP) is 3.06. The summed E-state index contributed by atoms with van der Waals surface area (Å²) in [5.74, 6) is 0.724. The molecule has 1 aromatic carbocycles. The summed E-state index contributed by atoms with van der Waals surface area (Å²) in [5.41, 5.74) is 0.823. The Hall–Kier alpha value is -1.92. The van der Waals surface area contributed by atoms with E-state index >= 15 is 0 Å². The number of rotatable bonds is 8. The number of carbonyl (C=O) groups excluding carboxylic acids is 1. The van der Waals surface area contributed by atoms with Gasteiger partial charge in [0.25, 0.3) is 0 Å². The van der Waals surface area contributed by atoms with E-state index in [0.29, 0.717) is 29.7 Å². The molecule has 0 saturated heterocycles. The SMILES string of the molecule is CCN(CCc1nc(-c2cccc(Cl)c2)no1)CC(C)C(=O)OC. The molecule has 6 nitrogen and oxygen atoms in total. The van der Waals surface area contributed by atoms with E-state index in [0.717, 1.165) is 18.7 Å². The third kappa shape index (κ3) is 5.04. The Morgan fingerprint density at radius 3 is 2.92 bits per heavy atom. The number of carbonyl (C=O) groups is 1. The quantitative estimate of drug-likeness (QED) is 0.681. The maximum absolute atomic E-state index is 11.5. The second-order valence-electron chi connectivity index (χ2n) is 5.59. The molecule has 2 aromatic rings. The second kappa shape index (κ2) is 8.80. The van der Waals surface area contributed by atoms with Crippen molar-refractivity contribution in [2.75, 3.05) is 26.7 Å². The molecule has 0 amide bonds. The van der Waals surface area contributed by atoms with Crippen molar-refractivity contribution in [1.29, 1.82) is 0 Å². The first-order valence-corrected chi connectivity index (χ1v) is 8.30. The normalized spacial score (nSPS) is 12.4. The van der Waals surface area contributed by atoms with Crippen LogP contribution in [0.1, 0.15) is 19.7 Å². The lowest BCUT2D eigenvalue weighted by molar-refractivity contribution is -0.145. The highest BCUT2D eigenvalue weighted by atomic mass is 35.5. The Kier molecular flexibility index (Phi) is 6.75. The molecule has 7 heteroatoms. The largest absolute Gasteiger partial charge is 0.469 e. The number of hydrogen-bond donors (Lipinski definition) is 0. The van der Waals surface area contributed by atoms with Crippen LogP contribution in [-0.2, 0) is 16.0 Å². The third-order valence-corrected chi connectivity index (χ3v) is 4.01. The standard InChI is InChI=1S/C17H22ClN3O3/c1-4-21(11-12(2)17(22)23-3)9-8-15-19-16(20-24-15)13-6-5-7-14(18)10-13/h5-7,10,12H,4,8-9,11H2,1-3H3. The van der Waals surface area contributed by atoms with E-state index in [1.54, 1.807) is 12.1 Å². The van der Waals surface area contributed by atoms with Gasteiger partial charge in [0, 0.05) is 30.1 Å². The van der Waals surface area contributed by atoms with Gasteiger partial charge in [0.15, 0.2) is 0 Å². The molecule has 1 unspecified atom stereocenters. The van der Waals surface area contributed by atoms with E-state index in [9.17, 15) is 4.79 Å². The number of aromatic nitrogens is 2. The maximum Gasteiger partial charge on any atom is 0.309 e. The minimum atomic E-state index is -0.200. The van der Waals surface area contributed by atoms with Crippen molar-refractivity contribution >= 4 is 17.6 Å². The summed E-state index contributed by atoms with van der Waals surface area (Å²) < 4.78 is 10.1. The van der Waals surface area contributed by atoms with Crippen LogP contribution < -0.4 is 0 Å². The summed E-state index contributed by atoms with van der Waals surface area (Å²) in [5, 5.41) is 4.63. The Morgan fingerprint density at radius 2 is 2.25 bits per heavy atom. The lowest BCUT2D eigenvalue weighted by atomic mass is 10.1. The highest BCUT2D eigenvalue weighted by Crippen LogP contribution is 2.20. The van der Waals surface area contributed by atoms with Crippen LogP contribution in [0.3, 0.4) is 0 Å². The van der Waals surface area contributed by atoms with Crippen LogP contribution in [0.15, 0.2) is 28.8 Å². The van der Waals surface area contributed by atoms with Gasteiger partial charge < -0.3 is 14.2 Å². The van der Waals surface area contributed by atoms with E-state index in [4.69, 9.17) is 20.9 Å². The first-order chi connectivity index (χ1) is 11.5. The van der Waals surface area contributed by atoms with Crippen molar-refractivity contribution in [3.05, 3.63) is 35.2 Å². The molecule has 0 N–H and O–H groups in total. The van der Waals surface area contributed by atoms with Crippen molar-refractivity contribution in [3.8, 4) is 11.4 Å². The topological polar surface area (TPSA) is 68.5 Å². The first-order valence-electron chi connectivity index (χ1n) is 7.92. The van der Waals surface area contributed by atoms with Gasteiger partial charge >= 0.3 is 5.97 Å². The van der Waals surface area contributed by atoms with Crippen molar-refractivity contribution in [1.82, 2.24) is 15.0 Å². The minimum absolute atomic E-state index is 0.167. The van der Waals surface area contributed by atoms with Crippen molar-refractivity contribution < 1.29 is 14.1 Å². The van der Waals surface area contributed by atoms with Gasteiger partial charge in [-0.2, -0.15) is 4.98 Å². The smallest absolute Gasteiger partial charge is 0.309 e. The number of benzene rings is 1. The molecular weight excluding hydrogens is 330 g/mol. The molecule has 1 aromatic heterocycles. The fourth-order valence-corrected chi connectivity index (χ4v) is 2.59. The van der Waals surface area contributed by atoms with Gasteiger partial charge in [0.05, 0.1) is 13.0 Å². The summed E-state index contributed by atoms with van der Waals surface area (Å²) in [6.07, 6.45) is 0.620. The van der Waals surface area contributed by atoms with Gasteiger partial charge in [-0.15, -0.1) is 0 Å². The molecule has 0 aliphatic rings. The molecule has 2 rings (SSSR count). The van der Waals surface area contributed by atoms with Crippen LogP contribution in [0.25, 0.3) is 11.4 Å². The van der Waals surface area contributed by atoms with Crippen molar-refractivity contribution in [2.24, 2.45) is 5.92 Å². The number of halogens is 1. The second-order valence-corrected chi connectivity index (χ2v) is 6.03. The Morgan fingerprint density at radius 1 is 1.46 bits per heavy atom. The van der Waals surface area contributed by atoms with Gasteiger partial charge in [0.2, 0.25) is 11.7 Å². The van der Waals surface area contributed by atoms with E-state index in [1.165, 1.54) is 7.11 Å². The minimum Gasteiger partial charge on any atom is -0.469 e. The van der Waals surface area contributed by atoms with Gasteiger partial charge in [-0.1, -0.05) is 42.7 Å². The molecule has 0 fully saturated rings. The molecular formula is C17H22ClN3O3. The van der Waals surface area contributed by atoms with Crippen LogP contribution in [-0.4, -0.2) is 47.8 Å². The molecule has 0 saturated carbocycles. The Balaban J connectivity index is 1.93. The van der Waals surface area contributed by atoms with Crippen molar-refractivity contribution in [2.45, 2.75) is 20.3 Å². The Bertz CT molecular complexity index is 675. The molecule has 0 aliphatic carbocycles. The fraction of sp³-hybridized carbons (Fsp3) is 0.471. The lowest BCUT2D eigenvalue weighted by Crippen LogP contribution is -2.33. The molecule has 24 heavy (non-hydrogen) atoms. The van der Waals surface area contributed by atoms with Crippen LogP contribution in [0.5, 0.6) is 0 Å². The highest BCUT2D eigenvalue weighted by Gasteiger charge is 2.17. The van der Waals surface area contributed by atoms with Crippen LogP contribution in [0.4, 0.5) is 0 Å². The maximum atomic E-state index is 11.5. The number of methoxy groups -OCH3 is 1. The van der Waals surface area contributed by atoms with Crippen LogP contribution in [0.2, 0.25) is 5.02 Å². The van der Waals surface area contributed by atoms with E-state index in [1.807, 2.05) is 19.1 Å². The van der Waals surface area contributed by atoms with Gasteiger partial charge in [0.1, 0.15) is 0 Å². The van der Waals surface area contributed by atoms with E-state index in [2.05, 4.69) is 22.0 Å². The molecule has 0 bridgehead atoms. The van der Waals surface area contributed by atoms with Crippen LogP contribution in [0, 0.1) is 5.92 Å². The number of esters is 1. The number of nitrogens with zero attached hydrogens (tertiary/aromatic N) is 3. The third-order valence-electron chi connectivity index (χ3n) is 3.78. The molecule has 130 valence electrons. The number of hydrogen-bond acceptors (Lipinski definition) is 6. The average molecular weight is 352 g/mol. The van der Waals surface area contributed by atoms with E-state index < -0.39 is 0 Å². The Labute approximate surface area is 146 Å². The fourth-order valence-electron chi connectivity index (χ4n) is 2.40. The molecule has 0 radical (unpaired) electrons. The first kappa shape index (κ1) is 18.4. The molecule has 0 aliphatic heterocycles. The summed E-state index contributed by atoms with van der Waals surface area (Å²) >= 11 is 5.98. The van der Waals surface area contributed by atoms with Gasteiger partial charge in [-0.25, -0.2) is 0 Å². The average Bonchev–Trinajstić information content (AvgIpc) is 3.06. The highest BCUT2D eigenvalue weighted by molar-refractivity contribution is 6.30. The molecule has 1 atom stereocenters. The summed E-state index contributed by atoms with van der Waals surface area (Å²) in [4.78, 5) is 18.1. The van der Waals surface area contributed by atoms with E-state index in [-0.39, 0.29) is 11.9 Å². The zero-order valence-corrected chi connectivity index (χ0v) is 14.9. The predicted molar refractivity (Wildman–Crippen MR) is 91.7 cm³/mol.